The van der Waals surface area contributed by atoms with Crippen molar-refractivity contribution in [3.63, 3.8) is 0 Å². The van der Waals surface area contributed by atoms with E-state index >= 15 is 0 Å². The SMILES string of the molecule is C=CCN(CC)CCn1cc(CNCC(C)C)nn1. The topological polar surface area (TPSA) is 46.0 Å². The first kappa shape index (κ1) is 15.9. The summed E-state index contributed by atoms with van der Waals surface area (Å²) in [5, 5.41) is 11.7. The van der Waals surface area contributed by atoms with Crippen LogP contribution >= 0.6 is 0 Å². The van der Waals surface area contributed by atoms with Crippen molar-refractivity contribution in [2.24, 2.45) is 5.92 Å². The van der Waals surface area contributed by atoms with Gasteiger partial charge in [0, 0.05) is 25.8 Å². The second-order valence-corrected chi connectivity index (χ2v) is 5.18. The molecule has 0 bridgehead atoms. The van der Waals surface area contributed by atoms with Gasteiger partial charge in [-0.25, -0.2) is 0 Å². The van der Waals surface area contributed by atoms with Gasteiger partial charge in [-0.15, -0.1) is 11.7 Å². The number of aromatic nitrogens is 3. The molecule has 1 heterocycles. The first-order chi connectivity index (χ1) is 9.15. The van der Waals surface area contributed by atoms with E-state index in [0.29, 0.717) is 5.92 Å². The summed E-state index contributed by atoms with van der Waals surface area (Å²) in [6.45, 7) is 15.9. The van der Waals surface area contributed by atoms with Gasteiger partial charge < -0.3 is 5.32 Å². The van der Waals surface area contributed by atoms with Crippen LogP contribution in [0.3, 0.4) is 0 Å². The summed E-state index contributed by atoms with van der Waals surface area (Å²) < 4.78 is 1.91. The van der Waals surface area contributed by atoms with Crippen LogP contribution in [0.25, 0.3) is 0 Å². The molecule has 0 amide bonds. The van der Waals surface area contributed by atoms with Crippen molar-refractivity contribution in [1.82, 2.24) is 25.2 Å². The average Bonchev–Trinajstić information content (AvgIpc) is 2.82. The second kappa shape index (κ2) is 8.82. The molecule has 0 aliphatic carbocycles. The number of nitrogens with one attached hydrogen (secondary N) is 1. The van der Waals surface area contributed by atoms with Crippen molar-refractivity contribution >= 4 is 0 Å². The molecule has 0 saturated carbocycles. The Morgan fingerprint density at radius 3 is 2.95 bits per heavy atom. The number of hydrogen-bond acceptors (Lipinski definition) is 4. The molecule has 0 fully saturated rings. The Bertz CT molecular complexity index is 358. The van der Waals surface area contributed by atoms with E-state index in [-0.39, 0.29) is 0 Å². The maximum absolute atomic E-state index is 4.17. The second-order valence-electron chi connectivity index (χ2n) is 5.18. The van der Waals surface area contributed by atoms with Crippen LogP contribution in [0.4, 0.5) is 0 Å². The summed E-state index contributed by atoms with van der Waals surface area (Å²) in [4.78, 5) is 2.32. The van der Waals surface area contributed by atoms with Crippen LogP contribution in [0.1, 0.15) is 26.5 Å². The molecule has 0 unspecified atom stereocenters. The van der Waals surface area contributed by atoms with Crippen molar-refractivity contribution in [3.8, 4) is 0 Å². The fraction of sp³-hybridized carbons (Fsp3) is 0.714. The Morgan fingerprint density at radius 2 is 2.32 bits per heavy atom. The number of likely N-dealkylation sites (N-methyl/N-ethyl adjacent to an activating group) is 1. The molecule has 1 N–H and O–H groups in total. The lowest BCUT2D eigenvalue weighted by atomic mass is 10.2. The molecule has 1 rings (SSSR count). The lowest BCUT2D eigenvalue weighted by Crippen LogP contribution is -2.27. The van der Waals surface area contributed by atoms with Gasteiger partial charge in [-0.05, 0) is 19.0 Å². The van der Waals surface area contributed by atoms with Crippen molar-refractivity contribution in [2.75, 3.05) is 26.2 Å². The minimum atomic E-state index is 0.659. The van der Waals surface area contributed by atoms with E-state index in [2.05, 4.69) is 47.9 Å². The van der Waals surface area contributed by atoms with Gasteiger partial charge in [0.25, 0.3) is 0 Å². The van der Waals surface area contributed by atoms with Crippen molar-refractivity contribution in [1.29, 1.82) is 0 Å². The molecule has 19 heavy (non-hydrogen) atoms. The summed E-state index contributed by atoms with van der Waals surface area (Å²) in [5.41, 5.74) is 1.01. The summed E-state index contributed by atoms with van der Waals surface area (Å²) in [6.07, 6.45) is 3.96. The zero-order valence-corrected chi connectivity index (χ0v) is 12.5. The molecular formula is C14H27N5. The Labute approximate surface area is 116 Å². The van der Waals surface area contributed by atoms with Gasteiger partial charge in [0.15, 0.2) is 0 Å². The molecule has 0 spiro atoms. The van der Waals surface area contributed by atoms with Gasteiger partial charge in [-0.1, -0.05) is 32.1 Å². The highest BCUT2D eigenvalue weighted by Crippen LogP contribution is 1.96. The Kier molecular flexibility index (Phi) is 7.36. The summed E-state index contributed by atoms with van der Waals surface area (Å²) in [7, 11) is 0. The Balaban J connectivity index is 2.31. The number of nitrogens with zero attached hydrogens (tertiary/aromatic N) is 4. The third-order valence-electron chi connectivity index (χ3n) is 2.92. The minimum Gasteiger partial charge on any atom is -0.311 e. The van der Waals surface area contributed by atoms with Gasteiger partial charge in [0.2, 0.25) is 0 Å². The molecule has 5 nitrogen and oxygen atoms in total. The highest BCUT2D eigenvalue weighted by Gasteiger charge is 2.03. The van der Waals surface area contributed by atoms with Crippen LogP contribution in [-0.2, 0) is 13.1 Å². The van der Waals surface area contributed by atoms with Gasteiger partial charge in [-0.2, -0.15) is 0 Å². The van der Waals surface area contributed by atoms with Crippen molar-refractivity contribution < 1.29 is 0 Å². The summed E-state index contributed by atoms with van der Waals surface area (Å²) in [5.74, 6) is 0.659. The van der Waals surface area contributed by atoms with E-state index in [1.807, 2.05) is 17.0 Å². The van der Waals surface area contributed by atoms with Gasteiger partial charge in [-0.3, -0.25) is 9.58 Å². The van der Waals surface area contributed by atoms with Gasteiger partial charge in [0.05, 0.1) is 12.2 Å². The molecule has 0 aliphatic heterocycles. The van der Waals surface area contributed by atoms with Gasteiger partial charge in [0.1, 0.15) is 0 Å². The lowest BCUT2D eigenvalue weighted by molar-refractivity contribution is 0.297. The van der Waals surface area contributed by atoms with E-state index in [1.165, 1.54) is 0 Å². The summed E-state index contributed by atoms with van der Waals surface area (Å²) in [6, 6.07) is 0. The first-order valence-electron chi connectivity index (χ1n) is 7.08. The van der Waals surface area contributed by atoms with Crippen LogP contribution in [0, 0.1) is 5.92 Å². The van der Waals surface area contributed by atoms with Gasteiger partial charge >= 0.3 is 0 Å². The van der Waals surface area contributed by atoms with Crippen LogP contribution in [0.15, 0.2) is 18.9 Å². The standard InChI is InChI=1S/C14H27N5/c1-5-7-18(6-2)8-9-19-12-14(16-17-19)11-15-10-13(3)4/h5,12-13,15H,1,6-11H2,2-4H3. The average molecular weight is 265 g/mol. The van der Waals surface area contributed by atoms with Crippen LogP contribution in [-0.4, -0.2) is 46.1 Å². The zero-order chi connectivity index (χ0) is 14.1. The Hall–Kier alpha value is -1.20. The molecule has 0 saturated heterocycles. The molecule has 0 radical (unpaired) electrons. The molecule has 0 atom stereocenters. The molecular weight excluding hydrogens is 238 g/mol. The molecule has 108 valence electrons. The third kappa shape index (κ3) is 6.50. The van der Waals surface area contributed by atoms with E-state index in [0.717, 1.165) is 45.0 Å². The highest BCUT2D eigenvalue weighted by molar-refractivity contribution is 4.91. The molecule has 5 heteroatoms. The van der Waals surface area contributed by atoms with E-state index < -0.39 is 0 Å². The fourth-order valence-corrected chi connectivity index (χ4v) is 1.82. The predicted octanol–water partition coefficient (Wildman–Crippen LogP) is 1.53. The number of rotatable bonds is 10. The monoisotopic (exact) mass is 265 g/mol. The van der Waals surface area contributed by atoms with Crippen LogP contribution < -0.4 is 5.32 Å². The molecule has 0 aliphatic rings. The summed E-state index contributed by atoms with van der Waals surface area (Å²) >= 11 is 0. The highest BCUT2D eigenvalue weighted by atomic mass is 15.4. The first-order valence-corrected chi connectivity index (χ1v) is 7.08. The maximum atomic E-state index is 4.17. The Morgan fingerprint density at radius 1 is 1.53 bits per heavy atom. The largest absolute Gasteiger partial charge is 0.311 e. The third-order valence-corrected chi connectivity index (χ3v) is 2.92. The quantitative estimate of drug-likeness (QED) is 0.652. The van der Waals surface area contributed by atoms with Crippen molar-refractivity contribution in [2.45, 2.75) is 33.9 Å². The predicted molar refractivity (Wildman–Crippen MR) is 78.9 cm³/mol. The van der Waals surface area contributed by atoms with E-state index in [9.17, 15) is 0 Å². The molecule has 1 aromatic rings. The van der Waals surface area contributed by atoms with E-state index in [4.69, 9.17) is 0 Å². The maximum Gasteiger partial charge on any atom is 0.0964 e. The van der Waals surface area contributed by atoms with Crippen molar-refractivity contribution in [3.05, 3.63) is 24.5 Å². The minimum absolute atomic E-state index is 0.659. The normalized spacial score (nSPS) is 11.4. The zero-order valence-electron chi connectivity index (χ0n) is 12.5. The molecule has 0 aromatic carbocycles. The fourth-order valence-electron chi connectivity index (χ4n) is 1.82. The van der Waals surface area contributed by atoms with Crippen LogP contribution in [0.5, 0.6) is 0 Å². The molecule has 1 aromatic heterocycles. The number of hydrogen-bond donors (Lipinski definition) is 1. The smallest absolute Gasteiger partial charge is 0.0964 e. The van der Waals surface area contributed by atoms with E-state index in [1.54, 1.807) is 0 Å². The lowest BCUT2D eigenvalue weighted by Gasteiger charge is -2.17. The van der Waals surface area contributed by atoms with Crippen LogP contribution in [0.2, 0.25) is 0 Å².